The number of ether oxygens (including phenoxy) is 3. The Balaban J connectivity index is 1.45. The van der Waals surface area contributed by atoms with Gasteiger partial charge in [-0.1, -0.05) is 104 Å². The Hall–Kier alpha value is -1.50. The smallest absolute Gasteiger partial charge is 0.308 e. The van der Waals surface area contributed by atoms with Crippen molar-refractivity contribution in [3.8, 4) is 0 Å². The summed E-state index contributed by atoms with van der Waals surface area (Å²) >= 11 is 0. The van der Waals surface area contributed by atoms with Crippen LogP contribution in [-0.2, 0) is 23.8 Å². The van der Waals surface area contributed by atoms with E-state index in [1.165, 1.54) is 102 Å². The number of ketones is 1. The molecule has 0 amide bonds. The van der Waals surface area contributed by atoms with Crippen LogP contribution >= 0.6 is 0 Å². The van der Waals surface area contributed by atoms with Crippen molar-refractivity contribution in [1.82, 2.24) is 0 Å². The first kappa shape index (κ1) is 35.0. The van der Waals surface area contributed by atoms with Crippen LogP contribution in [0.2, 0.25) is 0 Å². The first-order valence-electron chi connectivity index (χ1n) is 17.6. The molecule has 240 valence electrons. The molecule has 3 rings (SSSR count). The van der Waals surface area contributed by atoms with E-state index in [-0.39, 0.29) is 24.3 Å². The van der Waals surface area contributed by atoms with Crippen LogP contribution in [0.4, 0.5) is 0 Å². The van der Waals surface area contributed by atoms with Gasteiger partial charge in [0.25, 0.3) is 0 Å². The maximum Gasteiger partial charge on any atom is 0.308 e. The van der Waals surface area contributed by atoms with Gasteiger partial charge in [-0.25, -0.2) is 0 Å². The predicted molar refractivity (Wildman–Crippen MR) is 168 cm³/mol. The fourth-order valence-corrected chi connectivity index (χ4v) is 6.82. The third-order valence-corrected chi connectivity index (χ3v) is 9.25. The molecule has 1 aliphatic carbocycles. The minimum absolute atomic E-state index is 0.0405. The molecule has 42 heavy (non-hydrogen) atoms. The van der Waals surface area contributed by atoms with Crippen molar-refractivity contribution < 1.29 is 28.9 Å². The Labute approximate surface area is 256 Å². The molecule has 3 aliphatic rings. The van der Waals surface area contributed by atoms with E-state index in [1.807, 2.05) is 0 Å². The number of aliphatic hydroxyl groups is 1. The lowest BCUT2D eigenvalue weighted by Crippen LogP contribution is -2.48. The molecule has 0 unspecified atom stereocenters. The van der Waals surface area contributed by atoms with Gasteiger partial charge < -0.3 is 19.3 Å². The minimum Gasteiger partial charge on any atom is -0.462 e. The molecule has 3 atom stereocenters. The maximum absolute atomic E-state index is 13.1. The number of hydrogen-bond donors (Lipinski definition) is 1. The lowest BCUT2D eigenvalue weighted by Gasteiger charge is -2.41. The number of carbonyl (C=O) groups is 2. The molecule has 1 N–H and O–H groups in total. The summed E-state index contributed by atoms with van der Waals surface area (Å²) in [5.41, 5.74) is -0.673. The number of rotatable bonds is 21. The highest BCUT2D eigenvalue weighted by Gasteiger charge is 2.52. The standard InChI is InChI=1S/C36H60O6/c1-3-5-7-9-11-13-15-17-19-32(20-18-16-14-12-10-8-6-4-2)40-34(39)28-33-27-31(38)29-36(41-33)26-25-35(42-36)23-21-30(37)22-24-35/h21-24,31-33,38H,3-20,25-29H2,1-2H3/t31-,33+,36+/m0/s1. The van der Waals surface area contributed by atoms with Crippen LogP contribution in [0.15, 0.2) is 24.3 Å². The molecule has 0 saturated carbocycles. The lowest BCUT2D eigenvalue weighted by atomic mass is 9.91. The topological polar surface area (TPSA) is 82.1 Å². The van der Waals surface area contributed by atoms with Crippen LogP contribution < -0.4 is 0 Å². The number of hydrogen-bond acceptors (Lipinski definition) is 6. The van der Waals surface area contributed by atoms with Crippen LogP contribution in [0.1, 0.15) is 162 Å². The molecule has 2 saturated heterocycles. The molecular formula is C36H60O6. The van der Waals surface area contributed by atoms with E-state index in [0.29, 0.717) is 25.7 Å². The fourth-order valence-electron chi connectivity index (χ4n) is 6.82. The molecule has 0 aromatic rings. The highest BCUT2D eigenvalue weighted by molar-refractivity contribution is 6.00. The molecule has 6 nitrogen and oxygen atoms in total. The third kappa shape index (κ3) is 12.6. The van der Waals surface area contributed by atoms with Gasteiger partial charge in [-0.05, 0) is 56.4 Å². The SMILES string of the molecule is CCCCCCCCCCC(CCCCCCCCCC)OC(=O)C[C@H]1C[C@H](O)C[C@]2(CCC3(C=CC(=O)C=C3)O2)O1. The van der Waals surface area contributed by atoms with E-state index < -0.39 is 23.6 Å². The zero-order valence-electron chi connectivity index (χ0n) is 26.8. The average molecular weight is 589 g/mol. The molecule has 2 fully saturated rings. The number of esters is 1. The second-order valence-electron chi connectivity index (χ2n) is 13.2. The number of allylic oxidation sites excluding steroid dienone is 2. The van der Waals surface area contributed by atoms with Gasteiger partial charge in [-0.2, -0.15) is 0 Å². The fraction of sp³-hybridized carbons (Fsp3) is 0.833. The average Bonchev–Trinajstić information content (AvgIpc) is 3.28. The van der Waals surface area contributed by atoms with Gasteiger partial charge in [0.2, 0.25) is 0 Å². The van der Waals surface area contributed by atoms with Crippen molar-refractivity contribution in [3.05, 3.63) is 24.3 Å². The molecule has 0 aromatic heterocycles. The predicted octanol–water partition coefficient (Wildman–Crippen LogP) is 8.83. The van der Waals surface area contributed by atoms with E-state index in [2.05, 4.69) is 13.8 Å². The van der Waals surface area contributed by atoms with Gasteiger partial charge in [0.1, 0.15) is 11.7 Å². The molecule has 2 spiro atoms. The minimum atomic E-state index is -0.939. The first-order chi connectivity index (χ1) is 20.4. The zero-order valence-corrected chi connectivity index (χ0v) is 26.8. The normalized spacial score (nSPS) is 24.8. The van der Waals surface area contributed by atoms with Crippen molar-refractivity contribution in [2.45, 2.75) is 191 Å². The van der Waals surface area contributed by atoms with Crippen molar-refractivity contribution in [1.29, 1.82) is 0 Å². The quantitative estimate of drug-likeness (QED) is 0.107. The van der Waals surface area contributed by atoms with E-state index in [9.17, 15) is 14.7 Å². The van der Waals surface area contributed by atoms with E-state index >= 15 is 0 Å². The second kappa shape index (κ2) is 19.0. The Bertz CT molecular complexity index is 814. The largest absolute Gasteiger partial charge is 0.462 e. The maximum atomic E-state index is 13.1. The summed E-state index contributed by atoms with van der Waals surface area (Å²) in [7, 11) is 0. The Morgan fingerprint density at radius 1 is 0.857 bits per heavy atom. The van der Waals surface area contributed by atoms with Gasteiger partial charge in [0, 0.05) is 19.3 Å². The van der Waals surface area contributed by atoms with Gasteiger partial charge in [-0.3, -0.25) is 9.59 Å². The molecular weight excluding hydrogens is 528 g/mol. The Morgan fingerprint density at radius 3 is 1.93 bits per heavy atom. The summed E-state index contributed by atoms with van der Waals surface area (Å²) in [5, 5.41) is 10.7. The monoisotopic (exact) mass is 588 g/mol. The Morgan fingerprint density at radius 2 is 1.38 bits per heavy atom. The number of unbranched alkanes of at least 4 members (excludes halogenated alkanes) is 14. The summed E-state index contributed by atoms with van der Waals surface area (Å²) < 4.78 is 18.8. The van der Waals surface area contributed by atoms with E-state index in [0.717, 1.165) is 25.7 Å². The van der Waals surface area contributed by atoms with Crippen LogP contribution in [0.25, 0.3) is 0 Å². The van der Waals surface area contributed by atoms with Gasteiger partial charge >= 0.3 is 5.97 Å². The van der Waals surface area contributed by atoms with E-state index in [4.69, 9.17) is 14.2 Å². The summed E-state index contributed by atoms with van der Waals surface area (Å²) in [6, 6.07) is 0. The van der Waals surface area contributed by atoms with Crippen LogP contribution in [0.3, 0.4) is 0 Å². The summed E-state index contributed by atoms with van der Waals surface area (Å²) in [6.45, 7) is 4.51. The highest BCUT2D eigenvalue weighted by Crippen LogP contribution is 2.47. The molecule has 6 heteroatoms. The van der Waals surface area contributed by atoms with Gasteiger partial charge in [0.05, 0.1) is 18.6 Å². The molecule has 0 radical (unpaired) electrons. The molecule has 0 aromatic carbocycles. The summed E-state index contributed by atoms with van der Waals surface area (Å²) in [5.74, 6) is -1.22. The van der Waals surface area contributed by atoms with Crippen molar-refractivity contribution >= 4 is 11.8 Å². The molecule has 0 bridgehead atoms. The molecule has 2 heterocycles. The second-order valence-corrected chi connectivity index (χ2v) is 13.2. The lowest BCUT2D eigenvalue weighted by molar-refractivity contribution is -0.291. The van der Waals surface area contributed by atoms with Crippen LogP contribution in [-0.4, -0.2) is 46.6 Å². The third-order valence-electron chi connectivity index (χ3n) is 9.25. The summed E-state index contributed by atoms with van der Waals surface area (Å²) in [6.07, 6.45) is 29.9. The van der Waals surface area contributed by atoms with E-state index in [1.54, 1.807) is 12.2 Å². The zero-order chi connectivity index (χ0) is 30.1. The van der Waals surface area contributed by atoms with Crippen LogP contribution in [0.5, 0.6) is 0 Å². The van der Waals surface area contributed by atoms with Crippen molar-refractivity contribution in [2.24, 2.45) is 0 Å². The molecule has 2 aliphatic heterocycles. The highest BCUT2D eigenvalue weighted by atomic mass is 16.7. The van der Waals surface area contributed by atoms with Crippen molar-refractivity contribution in [3.63, 3.8) is 0 Å². The summed E-state index contributed by atoms with van der Waals surface area (Å²) in [4.78, 5) is 24.8. The Kier molecular flexibility index (Phi) is 15.8. The van der Waals surface area contributed by atoms with Gasteiger partial charge in [-0.15, -0.1) is 0 Å². The van der Waals surface area contributed by atoms with Crippen molar-refractivity contribution in [2.75, 3.05) is 0 Å². The first-order valence-corrected chi connectivity index (χ1v) is 17.6. The number of aliphatic hydroxyl groups excluding tert-OH is 1. The number of carbonyl (C=O) groups excluding carboxylic acids is 2. The van der Waals surface area contributed by atoms with Crippen LogP contribution in [0, 0.1) is 0 Å². The van der Waals surface area contributed by atoms with Gasteiger partial charge in [0.15, 0.2) is 11.6 Å².